The van der Waals surface area contributed by atoms with E-state index in [1.165, 1.54) is 10.7 Å². The van der Waals surface area contributed by atoms with E-state index in [1.807, 2.05) is 0 Å². The molecule has 2 N–H and O–H groups in total. The van der Waals surface area contributed by atoms with E-state index < -0.39 is 0 Å². The second-order valence-corrected chi connectivity index (χ2v) is 7.56. The molecule has 0 aromatic carbocycles. The van der Waals surface area contributed by atoms with Gasteiger partial charge in [0.25, 0.3) is 0 Å². The van der Waals surface area contributed by atoms with E-state index >= 15 is 0 Å². The molecule has 5 heteroatoms. The first-order chi connectivity index (χ1) is 9.44. The maximum atomic E-state index is 5.92. The molecule has 2 atom stereocenters. The van der Waals surface area contributed by atoms with Gasteiger partial charge in [0.05, 0.1) is 18.3 Å². The molecule has 2 heterocycles. The molecule has 0 saturated carbocycles. The largest absolute Gasteiger partial charge is 0.381 e. The number of piperidine rings is 1. The molecule has 1 aliphatic rings. The predicted molar refractivity (Wildman–Crippen MR) is 84.1 cm³/mol. The van der Waals surface area contributed by atoms with E-state index in [0.29, 0.717) is 18.7 Å². The monoisotopic (exact) mass is 297 g/mol. The summed E-state index contributed by atoms with van der Waals surface area (Å²) in [6.45, 7) is 9.27. The Morgan fingerprint density at radius 1 is 1.50 bits per heavy atom. The number of rotatable bonds is 4. The van der Waals surface area contributed by atoms with E-state index in [9.17, 15) is 0 Å². The normalized spacial score (nSPS) is 25.1. The molecule has 0 bridgehead atoms. The highest BCUT2D eigenvalue weighted by molar-refractivity contribution is 7.09. The van der Waals surface area contributed by atoms with Crippen LogP contribution in [0.5, 0.6) is 0 Å². The summed E-state index contributed by atoms with van der Waals surface area (Å²) in [4.78, 5) is 7.25. The summed E-state index contributed by atoms with van der Waals surface area (Å²) >= 11 is 1.76. The zero-order chi connectivity index (χ0) is 14.8. The van der Waals surface area contributed by atoms with Gasteiger partial charge in [0.15, 0.2) is 0 Å². The number of methoxy groups -OCH3 is 1. The molecule has 1 aromatic heterocycles. The van der Waals surface area contributed by atoms with Crippen molar-refractivity contribution in [1.29, 1.82) is 0 Å². The molecule has 4 nitrogen and oxygen atoms in total. The van der Waals surface area contributed by atoms with Gasteiger partial charge in [-0.15, -0.1) is 11.3 Å². The van der Waals surface area contributed by atoms with Gasteiger partial charge in [0.1, 0.15) is 5.01 Å². The van der Waals surface area contributed by atoms with E-state index in [-0.39, 0.29) is 5.41 Å². The molecule has 0 radical (unpaired) electrons. The minimum Gasteiger partial charge on any atom is -0.381 e. The van der Waals surface area contributed by atoms with Gasteiger partial charge in [-0.2, -0.15) is 0 Å². The highest BCUT2D eigenvalue weighted by Gasteiger charge is 2.28. The van der Waals surface area contributed by atoms with Crippen molar-refractivity contribution >= 4 is 11.3 Å². The van der Waals surface area contributed by atoms with Crippen molar-refractivity contribution in [2.45, 2.75) is 57.7 Å². The van der Waals surface area contributed by atoms with Gasteiger partial charge in [-0.1, -0.05) is 20.8 Å². The number of nitrogens with zero attached hydrogens (tertiary/aromatic N) is 2. The Hall–Kier alpha value is -0.490. The number of nitrogens with two attached hydrogens (primary N) is 1. The van der Waals surface area contributed by atoms with E-state index in [4.69, 9.17) is 15.5 Å². The van der Waals surface area contributed by atoms with E-state index in [1.54, 1.807) is 18.4 Å². The lowest BCUT2D eigenvalue weighted by atomic mass is 9.93. The standard InChI is InChI=1S/C15H27N3OS/c1-15(2,3)13-10-20-14(17-13)9-18-6-5-12(19-4)7-11(18)8-16/h10-12H,5-9,16H2,1-4H3. The molecule has 0 amide bonds. The number of aromatic nitrogens is 1. The number of likely N-dealkylation sites (tertiary alicyclic amines) is 1. The average Bonchev–Trinajstić information content (AvgIpc) is 2.87. The highest BCUT2D eigenvalue weighted by Crippen LogP contribution is 2.26. The summed E-state index contributed by atoms with van der Waals surface area (Å²) in [5.41, 5.74) is 7.24. The third-order valence-corrected chi connectivity index (χ3v) is 4.89. The Balaban J connectivity index is 2.00. The van der Waals surface area contributed by atoms with Crippen LogP contribution in [0.15, 0.2) is 5.38 Å². The maximum absolute atomic E-state index is 5.92. The Kier molecular flexibility index (Phi) is 5.18. The quantitative estimate of drug-likeness (QED) is 0.927. The van der Waals surface area contributed by atoms with Crippen molar-refractivity contribution in [3.8, 4) is 0 Å². The molecular weight excluding hydrogens is 270 g/mol. The second kappa shape index (κ2) is 6.52. The Bertz CT molecular complexity index is 427. The molecule has 1 fully saturated rings. The maximum Gasteiger partial charge on any atom is 0.107 e. The van der Waals surface area contributed by atoms with Crippen molar-refractivity contribution < 1.29 is 4.74 Å². The second-order valence-electron chi connectivity index (χ2n) is 6.62. The van der Waals surface area contributed by atoms with Gasteiger partial charge in [-0.05, 0) is 12.8 Å². The Labute approximate surface area is 126 Å². The first-order valence-electron chi connectivity index (χ1n) is 7.36. The minimum atomic E-state index is 0.130. The molecule has 1 aromatic rings. The van der Waals surface area contributed by atoms with Crippen LogP contribution < -0.4 is 5.73 Å². The summed E-state index contributed by atoms with van der Waals surface area (Å²) in [7, 11) is 1.80. The lowest BCUT2D eigenvalue weighted by Crippen LogP contribution is -2.47. The molecule has 0 spiro atoms. The van der Waals surface area contributed by atoms with Gasteiger partial charge < -0.3 is 10.5 Å². The van der Waals surface area contributed by atoms with Gasteiger partial charge >= 0.3 is 0 Å². The van der Waals surface area contributed by atoms with Gasteiger partial charge in [0, 0.05) is 37.0 Å². The van der Waals surface area contributed by atoms with E-state index in [2.05, 4.69) is 31.1 Å². The summed E-state index contributed by atoms with van der Waals surface area (Å²) in [6.07, 6.45) is 2.48. The van der Waals surface area contributed by atoms with Gasteiger partial charge in [-0.25, -0.2) is 4.98 Å². The molecule has 20 heavy (non-hydrogen) atoms. The number of ether oxygens (including phenoxy) is 1. The van der Waals surface area contributed by atoms with Gasteiger partial charge in [-0.3, -0.25) is 4.90 Å². The summed E-state index contributed by atoms with van der Waals surface area (Å²) in [6, 6.07) is 0.413. The molecular formula is C15H27N3OS. The van der Waals surface area contributed by atoms with Crippen molar-refractivity contribution in [1.82, 2.24) is 9.88 Å². The fraction of sp³-hybridized carbons (Fsp3) is 0.800. The first kappa shape index (κ1) is 15.9. The fourth-order valence-electron chi connectivity index (χ4n) is 2.63. The fourth-order valence-corrected chi connectivity index (χ4v) is 3.68. The van der Waals surface area contributed by atoms with Crippen LogP contribution in [0.25, 0.3) is 0 Å². The third kappa shape index (κ3) is 3.79. The SMILES string of the molecule is COC1CCN(Cc2nc(C(C)(C)C)cs2)C(CN)C1. The molecule has 114 valence electrons. The van der Waals surface area contributed by atoms with E-state index in [0.717, 1.165) is 25.9 Å². The lowest BCUT2D eigenvalue weighted by Gasteiger charge is -2.37. The summed E-state index contributed by atoms with van der Waals surface area (Å²) in [5.74, 6) is 0. The Morgan fingerprint density at radius 2 is 2.25 bits per heavy atom. The van der Waals surface area contributed by atoms with Crippen LogP contribution in [0.2, 0.25) is 0 Å². The van der Waals surface area contributed by atoms with Crippen LogP contribution >= 0.6 is 11.3 Å². The third-order valence-electron chi connectivity index (χ3n) is 4.05. The minimum absolute atomic E-state index is 0.130. The van der Waals surface area contributed by atoms with Crippen LogP contribution in [-0.4, -0.2) is 42.2 Å². The summed E-state index contributed by atoms with van der Waals surface area (Å²) in [5, 5.41) is 3.39. The van der Waals surface area contributed by atoms with Crippen molar-refractivity contribution in [2.75, 3.05) is 20.2 Å². The molecule has 2 unspecified atom stereocenters. The topological polar surface area (TPSA) is 51.4 Å². The van der Waals surface area contributed by atoms with Crippen LogP contribution in [0, 0.1) is 0 Å². The van der Waals surface area contributed by atoms with Crippen LogP contribution in [0.1, 0.15) is 44.3 Å². The predicted octanol–water partition coefficient (Wildman–Crippen LogP) is 2.38. The van der Waals surface area contributed by atoms with Crippen molar-refractivity contribution in [3.05, 3.63) is 16.1 Å². The van der Waals surface area contributed by atoms with Gasteiger partial charge in [0.2, 0.25) is 0 Å². The van der Waals surface area contributed by atoms with Crippen LogP contribution in [-0.2, 0) is 16.7 Å². The van der Waals surface area contributed by atoms with Crippen LogP contribution in [0.4, 0.5) is 0 Å². The number of hydrogen-bond donors (Lipinski definition) is 1. The van der Waals surface area contributed by atoms with Crippen molar-refractivity contribution in [2.24, 2.45) is 5.73 Å². The molecule has 0 aliphatic carbocycles. The smallest absolute Gasteiger partial charge is 0.107 e. The zero-order valence-electron chi connectivity index (χ0n) is 13.1. The first-order valence-corrected chi connectivity index (χ1v) is 8.23. The summed E-state index contributed by atoms with van der Waals surface area (Å²) < 4.78 is 5.48. The van der Waals surface area contributed by atoms with Crippen molar-refractivity contribution in [3.63, 3.8) is 0 Å². The van der Waals surface area contributed by atoms with Crippen LogP contribution in [0.3, 0.4) is 0 Å². The molecule has 1 saturated heterocycles. The zero-order valence-corrected chi connectivity index (χ0v) is 13.9. The Morgan fingerprint density at radius 3 is 2.80 bits per heavy atom. The number of thiazole rings is 1. The highest BCUT2D eigenvalue weighted by atomic mass is 32.1. The lowest BCUT2D eigenvalue weighted by molar-refractivity contribution is 0.0102. The molecule has 1 aliphatic heterocycles. The molecule has 2 rings (SSSR count). The number of hydrogen-bond acceptors (Lipinski definition) is 5. The average molecular weight is 297 g/mol.